The number of rotatable bonds is 5. The number of hydrogen-bond donors (Lipinski definition) is 1. The fourth-order valence-electron chi connectivity index (χ4n) is 1.95. The van der Waals surface area contributed by atoms with Gasteiger partial charge < -0.3 is 10.1 Å². The highest BCUT2D eigenvalue weighted by atomic mass is 19.4. The summed E-state index contributed by atoms with van der Waals surface area (Å²) in [5, 5.41) is 30.9. The van der Waals surface area contributed by atoms with Crippen molar-refractivity contribution in [2.24, 2.45) is 0 Å². The number of nitro groups is 1. The zero-order chi connectivity index (χ0) is 20.0. The lowest BCUT2D eigenvalue weighted by molar-refractivity contribution is -0.384. The standard InChI is InChI=1S/C17H9F3N4O3/c18-17(19,20)12-2-1-3-15(4-12)27-16-6-13(5-14(7-16)24(25)26)23-10-11(8-21)9-22/h1-7,10,23H. The monoisotopic (exact) mass is 374 g/mol. The minimum Gasteiger partial charge on any atom is -0.457 e. The molecule has 0 bridgehead atoms. The Morgan fingerprint density at radius 3 is 2.44 bits per heavy atom. The number of non-ortho nitro benzene ring substituents is 1. The Kier molecular flexibility index (Phi) is 5.63. The van der Waals surface area contributed by atoms with Gasteiger partial charge in [0.2, 0.25) is 0 Å². The number of allylic oxidation sites excluding steroid dienone is 1. The van der Waals surface area contributed by atoms with E-state index in [0.717, 1.165) is 36.5 Å². The summed E-state index contributed by atoms with van der Waals surface area (Å²) < 4.78 is 43.6. The van der Waals surface area contributed by atoms with Gasteiger partial charge in [-0.2, -0.15) is 23.7 Å². The molecular formula is C17H9F3N4O3. The van der Waals surface area contributed by atoms with Crippen LogP contribution in [-0.4, -0.2) is 4.92 Å². The van der Waals surface area contributed by atoms with Crippen LogP contribution in [0.5, 0.6) is 11.5 Å². The van der Waals surface area contributed by atoms with Gasteiger partial charge in [0.25, 0.3) is 5.69 Å². The molecule has 0 atom stereocenters. The lowest BCUT2D eigenvalue weighted by Gasteiger charge is -2.11. The molecule has 0 aliphatic carbocycles. The van der Waals surface area contributed by atoms with Crippen molar-refractivity contribution in [2.45, 2.75) is 6.18 Å². The van der Waals surface area contributed by atoms with Crippen molar-refractivity contribution < 1.29 is 22.8 Å². The number of alkyl halides is 3. The summed E-state index contributed by atoms with van der Waals surface area (Å²) >= 11 is 0. The Bertz CT molecular complexity index is 972. The van der Waals surface area contributed by atoms with E-state index in [1.165, 1.54) is 12.1 Å². The summed E-state index contributed by atoms with van der Waals surface area (Å²) in [6, 6.07) is 10.7. The predicted molar refractivity (Wildman–Crippen MR) is 87.5 cm³/mol. The van der Waals surface area contributed by atoms with Crippen LogP contribution in [0.3, 0.4) is 0 Å². The zero-order valence-corrected chi connectivity index (χ0v) is 13.3. The fraction of sp³-hybridized carbons (Fsp3) is 0.0588. The molecule has 2 aromatic carbocycles. The van der Waals surface area contributed by atoms with E-state index in [4.69, 9.17) is 15.3 Å². The number of anilines is 1. The first-order valence-corrected chi connectivity index (χ1v) is 7.14. The zero-order valence-electron chi connectivity index (χ0n) is 13.3. The van der Waals surface area contributed by atoms with Crippen LogP contribution in [0.15, 0.2) is 54.2 Å². The van der Waals surface area contributed by atoms with Crippen LogP contribution in [0.1, 0.15) is 5.56 Å². The molecule has 0 aromatic heterocycles. The number of hydrogen-bond acceptors (Lipinski definition) is 6. The summed E-state index contributed by atoms with van der Waals surface area (Å²) in [7, 11) is 0. The Labute approximate surface area is 150 Å². The number of halogens is 3. The summed E-state index contributed by atoms with van der Waals surface area (Å²) in [6.45, 7) is 0. The van der Waals surface area contributed by atoms with Gasteiger partial charge in [0, 0.05) is 24.0 Å². The number of ether oxygens (including phenoxy) is 1. The molecule has 136 valence electrons. The van der Waals surface area contributed by atoms with Crippen LogP contribution in [0.25, 0.3) is 0 Å². The van der Waals surface area contributed by atoms with Crippen LogP contribution in [0.2, 0.25) is 0 Å². The summed E-state index contributed by atoms with van der Waals surface area (Å²) in [5.41, 5.74) is -1.50. The van der Waals surface area contributed by atoms with Gasteiger partial charge in [-0.1, -0.05) is 6.07 Å². The van der Waals surface area contributed by atoms with Gasteiger partial charge in [-0.05, 0) is 18.2 Å². The van der Waals surface area contributed by atoms with Crippen LogP contribution in [0, 0.1) is 32.8 Å². The fourth-order valence-corrected chi connectivity index (χ4v) is 1.95. The maximum absolute atomic E-state index is 12.8. The van der Waals surface area contributed by atoms with Crippen molar-refractivity contribution in [3.8, 4) is 23.6 Å². The SMILES string of the molecule is N#CC(C#N)=CNc1cc(Oc2cccc(C(F)(F)F)c2)cc([N+](=O)[O-])c1. The first kappa shape index (κ1) is 19.3. The van der Waals surface area contributed by atoms with Crippen LogP contribution >= 0.6 is 0 Å². The summed E-state index contributed by atoms with van der Waals surface area (Å²) in [6.07, 6.45) is -3.53. The van der Waals surface area contributed by atoms with Gasteiger partial charge in [0.05, 0.1) is 16.6 Å². The van der Waals surface area contributed by atoms with Crippen molar-refractivity contribution in [1.82, 2.24) is 0 Å². The number of nitriles is 2. The third-order valence-corrected chi connectivity index (χ3v) is 3.12. The second kappa shape index (κ2) is 7.89. The minimum absolute atomic E-state index is 0.102. The molecule has 0 spiro atoms. The number of nitrogens with one attached hydrogen (secondary N) is 1. The second-order valence-corrected chi connectivity index (χ2v) is 5.03. The third kappa shape index (κ3) is 5.21. The second-order valence-electron chi connectivity index (χ2n) is 5.03. The van der Waals surface area contributed by atoms with Gasteiger partial charge in [0.1, 0.15) is 29.2 Å². The maximum atomic E-state index is 12.8. The Balaban J connectivity index is 2.37. The van der Waals surface area contributed by atoms with E-state index >= 15 is 0 Å². The molecule has 0 unspecified atom stereocenters. The molecule has 2 aromatic rings. The third-order valence-electron chi connectivity index (χ3n) is 3.12. The van der Waals surface area contributed by atoms with E-state index in [2.05, 4.69) is 5.32 Å². The van der Waals surface area contributed by atoms with Crippen molar-refractivity contribution in [1.29, 1.82) is 10.5 Å². The van der Waals surface area contributed by atoms with Crippen LogP contribution in [0.4, 0.5) is 24.5 Å². The molecular weight excluding hydrogens is 365 g/mol. The molecule has 7 nitrogen and oxygen atoms in total. The first-order chi connectivity index (χ1) is 12.7. The molecule has 0 fully saturated rings. The van der Waals surface area contributed by atoms with Crippen LogP contribution < -0.4 is 10.1 Å². The normalized spacial score (nSPS) is 10.3. The van der Waals surface area contributed by atoms with Crippen molar-refractivity contribution in [3.63, 3.8) is 0 Å². The molecule has 1 N–H and O–H groups in total. The molecule has 0 saturated heterocycles. The van der Waals surface area contributed by atoms with Gasteiger partial charge in [0.15, 0.2) is 0 Å². The van der Waals surface area contributed by atoms with Crippen molar-refractivity contribution in [3.05, 3.63) is 69.9 Å². The van der Waals surface area contributed by atoms with E-state index in [9.17, 15) is 23.3 Å². The Morgan fingerprint density at radius 1 is 1.15 bits per heavy atom. The molecule has 0 saturated carbocycles. The van der Waals surface area contributed by atoms with Crippen molar-refractivity contribution in [2.75, 3.05) is 5.32 Å². The highest BCUT2D eigenvalue weighted by Gasteiger charge is 2.30. The minimum atomic E-state index is -4.56. The molecule has 0 amide bonds. The predicted octanol–water partition coefficient (Wildman–Crippen LogP) is 4.75. The molecule has 0 radical (unpaired) electrons. The molecule has 0 heterocycles. The van der Waals surface area contributed by atoms with E-state index < -0.39 is 22.4 Å². The van der Waals surface area contributed by atoms with Crippen LogP contribution in [-0.2, 0) is 6.18 Å². The van der Waals surface area contributed by atoms with Gasteiger partial charge in [-0.25, -0.2) is 0 Å². The highest BCUT2D eigenvalue weighted by molar-refractivity contribution is 5.59. The number of benzene rings is 2. The molecule has 0 aliphatic heterocycles. The topological polar surface area (TPSA) is 112 Å². The summed E-state index contributed by atoms with van der Waals surface area (Å²) in [4.78, 5) is 10.3. The average molecular weight is 374 g/mol. The average Bonchev–Trinajstić information content (AvgIpc) is 2.62. The van der Waals surface area contributed by atoms with Crippen molar-refractivity contribution >= 4 is 11.4 Å². The summed E-state index contributed by atoms with van der Waals surface area (Å²) in [5.74, 6) is -0.267. The van der Waals surface area contributed by atoms with E-state index in [1.807, 2.05) is 0 Å². The highest BCUT2D eigenvalue weighted by Crippen LogP contribution is 2.34. The molecule has 2 rings (SSSR count). The van der Waals surface area contributed by atoms with E-state index in [-0.39, 0.29) is 22.8 Å². The number of nitro benzene ring substituents is 1. The lowest BCUT2D eigenvalue weighted by Crippen LogP contribution is -2.04. The lowest BCUT2D eigenvalue weighted by atomic mass is 10.2. The van der Waals surface area contributed by atoms with Gasteiger partial charge >= 0.3 is 6.18 Å². The Morgan fingerprint density at radius 2 is 1.85 bits per heavy atom. The van der Waals surface area contributed by atoms with Gasteiger partial charge in [-0.15, -0.1) is 0 Å². The molecule has 27 heavy (non-hydrogen) atoms. The van der Waals surface area contributed by atoms with Gasteiger partial charge in [-0.3, -0.25) is 10.1 Å². The number of nitrogens with zero attached hydrogens (tertiary/aromatic N) is 3. The smallest absolute Gasteiger partial charge is 0.416 e. The molecule has 0 aliphatic rings. The quantitative estimate of drug-likeness (QED) is 0.459. The first-order valence-electron chi connectivity index (χ1n) is 7.14. The largest absolute Gasteiger partial charge is 0.457 e. The molecule has 10 heteroatoms. The Hall–Kier alpha value is -4.05. The van der Waals surface area contributed by atoms with E-state index in [1.54, 1.807) is 12.1 Å². The maximum Gasteiger partial charge on any atom is 0.416 e. The van der Waals surface area contributed by atoms with E-state index in [0.29, 0.717) is 0 Å².